The zero-order chi connectivity index (χ0) is 70.4. The SMILES string of the molecule is Brc1cnn2c(NCc3ccc(-c4csnn4)cc3)cc(C3CCNCC3)nc12.Brc1cnn2c(NCc3cccnc3)cc(C3CCCNC3)nc12.Nc1ncc(CNc2cc(C3CCCNC3)nc3c(Br)cnn23)cn1.[O-][n+]1cccc(CNc2cc(C3CCNCC3)nc3c(Br)cnn23)c1. The summed E-state index contributed by atoms with van der Waals surface area (Å²) in [6, 6.07) is 24.5. The van der Waals surface area contributed by atoms with Crippen LogP contribution in [0.5, 0.6) is 0 Å². The predicted molar refractivity (Wildman–Crippen MR) is 413 cm³/mol. The highest BCUT2D eigenvalue weighted by Crippen LogP contribution is 2.34. The zero-order valence-electron chi connectivity index (χ0n) is 56.2. The molecule has 1 aromatic carbocycles. The van der Waals surface area contributed by atoms with Gasteiger partial charge in [0, 0.05) is 152 Å². The Labute approximate surface area is 631 Å². The van der Waals surface area contributed by atoms with Crippen LogP contribution in [0.3, 0.4) is 0 Å². The Kier molecular flexibility index (Phi) is 23.6. The average molecular weight is 1660 g/mol. The van der Waals surface area contributed by atoms with E-state index < -0.39 is 0 Å². The minimum Gasteiger partial charge on any atom is -0.619 e. The Morgan fingerprint density at radius 1 is 0.485 bits per heavy atom. The number of aromatic nitrogens is 18. The number of anilines is 5. The Bertz CT molecular complexity index is 4920. The molecule has 0 aliphatic carbocycles. The van der Waals surface area contributed by atoms with Crippen molar-refractivity contribution in [3.63, 3.8) is 0 Å². The smallest absolute Gasteiger partial charge is 0.219 e. The van der Waals surface area contributed by atoms with E-state index in [9.17, 15) is 5.21 Å². The number of nitrogens with zero attached hydrogens (tertiary/aromatic N) is 18. The van der Waals surface area contributed by atoms with E-state index in [1.54, 1.807) is 60.2 Å². The number of pyridine rings is 2. The summed E-state index contributed by atoms with van der Waals surface area (Å²) in [6.07, 6.45) is 26.3. The second-order valence-corrected chi connectivity index (χ2v) is 29.6. The number of nitrogens with two attached hydrogens (primary N) is 1. The van der Waals surface area contributed by atoms with E-state index >= 15 is 0 Å². The Morgan fingerprint density at radius 3 is 1.34 bits per heavy atom. The molecule has 17 rings (SSSR count). The highest BCUT2D eigenvalue weighted by atomic mass is 79.9. The summed E-state index contributed by atoms with van der Waals surface area (Å²) in [5, 5.41) is 62.8. The van der Waals surface area contributed by atoms with Gasteiger partial charge in [-0.2, -0.15) is 43.2 Å². The molecule has 28 nitrogen and oxygen atoms in total. The van der Waals surface area contributed by atoms with Gasteiger partial charge in [-0.3, -0.25) is 4.98 Å². The van der Waals surface area contributed by atoms with Crippen molar-refractivity contribution >= 4 is 127 Å². The molecular weight excluding hydrogens is 1590 g/mol. The van der Waals surface area contributed by atoms with Crippen molar-refractivity contribution in [3.8, 4) is 11.3 Å². The van der Waals surface area contributed by atoms with Crippen LogP contribution in [0.4, 0.5) is 29.2 Å². The maximum Gasteiger partial charge on any atom is 0.219 e. The summed E-state index contributed by atoms with van der Waals surface area (Å²) < 4.78 is 15.6. The Morgan fingerprint density at radius 2 is 0.922 bits per heavy atom. The number of piperidine rings is 4. The lowest BCUT2D eigenvalue weighted by Gasteiger charge is -2.23. The molecule has 33 heteroatoms. The van der Waals surface area contributed by atoms with Crippen molar-refractivity contribution in [1.82, 2.24) is 104 Å². The van der Waals surface area contributed by atoms with Gasteiger partial charge in [0.2, 0.25) is 5.95 Å². The number of fused-ring (bicyclic) bond motifs is 4. The van der Waals surface area contributed by atoms with Crippen molar-refractivity contribution in [2.24, 2.45) is 0 Å². The van der Waals surface area contributed by atoms with Crippen LogP contribution in [-0.2, 0) is 26.2 Å². The van der Waals surface area contributed by atoms with E-state index in [1.165, 1.54) is 42.6 Å². The highest BCUT2D eigenvalue weighted by Gasteiger charge is 2.25. The molecular formula is C70H77Br4N27OS. The van der Waals surface area contributed by atoms with Crippen molar-refractivity contribution in [2.45, 2.75) is 101 Å². The third-order valence-corrected chi connectivity index (χ3v) is 21.3. The van der Waals surface area contributed by atoms with E-state index in [1.807, 2.05) is 37.3 Å². The fourth-order valence-electron chi connectivity index (χ4n) is 13.0. The molecule has 103 heavy (non-hydrogen) atoms. The van der Waals surface area contributed by atoms with Crippen LogP contribution in [0.15, 0.2) is 158 Å². The van der Waals surface area contributed by atoms with Crippen molar-refractivity contribution in [1.29, 1.82) is 0 Å². The molecule has 10 N–H and O–H groups in total. The van der Waals surface area contributed by atoms with Gasteiger partial charge in [0.15, 0.2) is 35.0 Å². The van der Waals surface area contributed by atoms with E-state index in [4.69, 9.17) is 25.7 Å². The molecule has 2 unspecified atom stereocenters. The second kappa shape index (κ2) is 34.2. The highest BCUT2D eigenvalue weighted by molar-refractivity contribution is 9.11. The molecule has 16 heterocycles. The number of benzene rings is 1. The molecule has 0 spiro atoms. The fraction of sp³-hybridized carbons (Fsp3) is 0.343. The molecule has 4 aliphatic heterocycles. The fourth-order valence-corrected chi connectivity index (χ4v) is 14.9. The lowest BCUT2D eigenvalue weighted by atomic mass is 9.94. The summed E-state index contributed by atoms with van der Waals surface area (Å²) in [5.74, 6) is 5.77. The maximum atomic E-state index is 11.4. The van der Waals surface area contributed by atoms with Gasteiger partial charge in [-0.05, 0) is 189 Å². The van der Waals surface area contributed by atoms with Gasteiger partial charge in [-0.25, -0.2) is 29.9 Å². The quantitative estimate of drug-likeness (QED) is 0.0302. The third-order valence-electron chi connectivity index (χ3n) is 18.5. The van der Waals surface area contributed by atoms with Crippen LogP contribution in [0.25, 0.3) is 33.8 Å². The molecule has 0 saturated carbocycles. The summed E-state index contributed by atoms with van der Waals surface area (Å²) in [4.78, 5) is 31.6. The largest absolute Gasteiger partial charge is 0.619 e. The molecule has 4 aliphatic rings. The van der Waals surface area contributed by atoms with Crippen LogP contribution < -0.4 is 53.0 Å². The third kappa shape index (κ3) is 17.9. The average Bonchev–Trinajstić information content (AvgIpc) is 1.75. The molecule has 4 fully saturated rings. The molecule has 2 atom stereocenters. The number of nitrogen functional groups attached to an aromatic ring is 1. The van der Waals surface area contributed by atoms with Crippen LogP contribution in [0, 0.1) is 5.21 Å². The van der Waals surface area contributed by atoms with E-state index in [0.29, 0.717) is 49.9 Å². The van der Waals surface area contributed by atoms with E-state index in [0.717, 1.165) is 204 Å². The zero-order valence-corrected chi connectivity index (χ0v) is 63.3. The molecule has 4 saturated heterocycles. The van der Waals surface area contributed by atoms with Crippen LogP contribution in [-0.4, -0.2) is 135 Å². The molecule has 12 aromatic heterocycles. The minimum absolute atomic E-state index is 0.276. The van der Waals surface area contributed by atoms with E-state index in [-0.39, 0.29) is 5.95 Å². The lowest BCUT2D eigenvalue weighted by Crippen LogP contribution is -2.29. The van der Waals surface area contributed by atoms with Crippen LogP contribution in [0.2, 0.25) is 0 Å². The van der Waals surface area contributed by atoms with Gasteiger partial charge in [-0.1, -0.05) is 34.8 Å². The topological polar surface area (TPSA) is 334 Å². The first-order chi connectivity index (χ1) is 50.5. The van der Waals surface area contributed by atoms with Gasteiger partial charge in [-0.15, -0.1) is 5.10 Å². The Hall–Kier alpha value is -8.80. The van der Waals surface area contributed by atoms with Gasteiger partial charge < -0.3 is 53.5 Å². The first-order valence-corrected chi connectivity index (χ1v) is 38.5. The van der Waals surface area contributed by atoms with Gasteiger partial charge in [0.25, 0.3) is 0 Å². The summed E-state index contributed by atoms with van der Waals surface area (Å²) >= 11 is 15.6. The number of rotatable bonds is 17. The molecule has 0 bridgehead atoms. The first kappa shape index (κ1) is 71.2. The van der Waals surface area contributed by atoms with Gasteiger partial charge >= 0.3 is 0 Å². The number of nitrogens with one attached hydrogen (secondary N) is 8. The number of hydrogen-bond acceptors (Lipinski definition) is 24. The van der Waals surface area contributed by atoms with Crippen LogP contribution >= 0.6 is 75.3 Å². The Balaban J connectivity index is 0.000000116. The predicted octanol–water partition coefficient (Wildman–Crippen LogP) is 11.2. The summed E-state index contributed by atoms with van der Waals surface area (Å²) in [7, 11) is 0. The maximum absolute atomic E-state index is 11.4. The molecule has 0 radical (unpaired) electrons. The number of halogens is 4. The standard InChI is InChI=1S/C20H20BrN7S.C17H19BrN6O.C17H19BrN6.C16H19BrN8/c21-16-11-24-28-19(9-17(25-20(16)28)15-5-7-22-8-6-15)23-10-13-1-3-14(4-2-13)18-12-29-27-26-18;18-14-10-21-24-16(20-9-12-2-1-7-23(25)11-12)8-15(22-17(14)24)13-3-5-19-6-4-13;18-14-11-22-24-16(21-9-12-3-1-5-19-8-12)7-15(23-17(14)24)13-4-2-6-20-10-13;17-12-9-23-25-14(20-5-10-6-21-16(18)22-7-10)4-13(24-15(12)25)11-2-1-3-19-8-11/h1-4,9,11-12,15,22-23H,5-8,10H2;1-2,7-8,10-11,13,19-20H,3-6,9H2;1,3,5,7-8,11,13,20-21H,2,4,6,9-10H2;4,6-7,9,11,19-20H,1-3,5,8H2,(H2,18,21,22). The second-order valence-electron chi connectivity index (χ2n) is 25.6. The first-order valence-electron chi connectivity index (χ1n) is 34.4. The summed E-state index contributed by atoms with van der Waals surface area (Å²) in [6.45, 7) is 10.8. The van der Waals surface area contributed by atoms with Crippen molar-refractivity contribution in [3.05, 3.63) is 208 Å². The number of hydrogen-bond donors (Lipinski definition) is 9. The van der Waals surface area contributed by atoms with Gasteiger partial charge in [0.1, 0.15) is 29.0 Å². The summed E-state index contributed by atoms with van der Waals surface area (Å²) in [5.41, 5.74) is 19.5. The lowest BCUT2D eigenvalue weighted by molar-refractivity contribution is -0.605. The normalized spacial score (nSPS) is 16.5. The molecule has 532 valence electrons. The monoisotopic (exact) mass is 1660 g/mol. The molecule has 0 amide bonds. The van der Waals surface area contributed by atoms with E-state index in [2.05, 4.69) is 206 Å². The van der Waals surface area contributed by atoms with Crippen LogP contribution in [0.1, 0.15) is 120 Å². The van der Waals surface area contributed by atoms with Gasteiger partial charge in [0.05, 0.1) is 54.1 Å². The molecule has 13 aromatic rings. The minimum atomic E-state index is 0.276. The van der Waals surface area contributed by atoms with Crippen molar-refractivity contribution < 1.29 is 4.73 Å². The van der Waals surface area contributed by atoms with Crippen molar-refractivity contribution in [2.75, 3.05) is 79.4 Å².